The van der Waals surface area contributed by atoms with Crippen LogP contribution in [0.2, 0.25) is 5.02 Å². The Balaban J connectivity index is 0.00000242. The molecule has 22 heavy (non-hydrogen) atoms. The lowest BCUT2D eigenvalue weighted by Crippen LogP contribution is -2.42. The van der Waals surface area contributed by atoms with Gasteiger partial charge in [-0.15, -0.1) is 12.4 Å². The third-order valence-electron chi connectivity index (χ3n) is 4.02. The molecule has 0 spiro atoms. The predicted octanol–water partition coefficient (Wildman–Crippen LogP) is 3.29. The van der Waals surface area contributed by atoms with Crippen LogP contribution in [0.5, 0.6) is 0 Å². The molecule has 1 aromatic rings. The molecule has 1 saturated heterocycles. The van der Waals surface area contributed by atoms with Crippen LogP contribution in [0.15, 0.2) is 24.3 Å². The molecule has 1 aromatic carbocycles. The van der Waals surface area contributed by atoms with Crippen LogP contribution in [0.1, 0.15) is 32.1 Å². The van der Waals surface area contributed by atoms with Crippen LogP contribution in [-0.2, 0) is 4.79 Å². The Hall–Kier alpha value is -0.810. The number of rotatable bonds is 6. The van der Waals surface area contributed by atoms with E-state index in [0.717, 1.165) is 19.5 Å². The lowest BCUT2D eigenvalue weighted by Gasteiger charge is -2.35. The number of halogens is 2. The maximum Gasteiger partial charge on any atom is 0.225 e. The van der Waals surface area contributed by atoms with Gasteiger partial charge in [0.05, 0.1) is 10.7 Å². The molecule has 1 fully saturated rings. The molecule has 6 heteroatoms. The van der Waals surface area contributed by atoms with E-state index in [1.165, 1.54) is 19.3 Å². The van der Waals surface area contributed by atoms with Gasteiger partial charge in [-0.05, 0) is 44.5 Å². The Morgan fingerprint density at radius 2 is 2.14 bits per heavy atom. The van der Waals surface area contributed by atoms with E-state index in [1.54, 1.807) is 6.07 Å². The van der Waals surface area contributed by atoms with E-state index in [1.807, 2.05) is 18.2 Å². The number of anilines is 1. The van der Waals surface area contributed by atoms with Crippen molar-refractivity contribution in [2.45, 2.75) is 38.1 Å². The van der Waals surface area contributed by atoms with Crippen molar-refractivity contribution in [2.24, 2.45) is 5.73 Å². The van der Waals surface area contributed by atoms with E-state index in [9.17, 15) is 4.79 Å². The second-order valence-electron chi connectivity index (χ2n) is 5.54. The summed E-state index contributed by atoms with van der Waals surface area (Å²) in [6.07, 6.45) is 5.20. The summed E-state index contributed by atoms with van der Waals surface area (Å²) in [7, 11) is 0. The molecule has 1 aliphatic heterocycles. The number of nitrogens with zero attached hydrogens (tertiary/aromatic N) is 1. The molecule has 4 nitrogen and oxygen atoms in total. The van der Waals surface area contributed by atoms with Crippen LogP contribution in [0.25, 0.3) is 0 Å². The van der Waals surface area contributed by atoms with Gasteiger partial charge in [-0.2, -0.15) is 0 Å². The summed E-state index contributed by atoms with van der Waals surface area (Å²) in [5.74, 6) is 0.0140. The lowest BCUT2D eigenvalue weighted by atomic mass is 9.99. The number of benzene rings is 1. The Kier molecular flexibility index (Phi) is 8.79. The molecule has 0 aromatic heterocycles. The van der Waals surface area contributed by atoms with Gasteiger partial charge < -0.3 is 11.1 Å². The average Bonchev–Trinajstić information content (AvgIpc) is 2.49. The van der Waals surface area contributed by atoms with Crippen molar-refractivity contribution in [3.63, 3.8) is 0 Å². The van der Waals surface area contributed by atoms with Crippen molar-refractivity contribution in [1.82, 2.24) is 4.90 Å². The zero-order valence-electron chi connectivity index (χ0n) is 12.8. The summed E-state index contributed by atoms with van der Waals surface area (Å²) in [6, 6.07) is 7.85. The van der Waals surface area contributed by atoms with Gasteiger partial charge in [0.25, 0.3) is 0 Å². The molecule has 2 rings (SSSR count). The van der Waals surface area contributed by atoms with E-state index in [4.69, 9.17) is 17.3 Å². The van der Waals surface area contributed by atoms with Crippen LogP contribution in [-0.4, -0.2) is 36.5 Å². The number of hydrogen-bond acceptors (Lipinski definition) is 3. The fourth-order valence-corrected chi connectivity index (χ4v) is 3.08. The van der Waals surface area contributed by atoms with Crippen molar-refractivity contribution in [1.29, 1.82) is 0 Å². The van der Waals surface area contributed by atoms with Gasteiger partial charge in [0.1, 0.15) is 0 Å². The molecule has 0 bridgehead atoms. The zero-order chi connectivity index (χ0) is 15.1. The summed E-state index contributed by atoms with van der Waals surface area (Å²) in [6.45, 7) is 2.58. The first kappa shape index (κ1) is 19.2. The lowest BCUT2D eigenvalue weighted by molar-refractivity contribution is -0.116. The number of carbonyl (C=O) groups is 1. The third-order valence-corrected chi connectivity index (χ3v) is 4.35. The minimum atomic E-state index is 0. The van der Waals surface area contributed by atoms with E-state index in [0.29, 0.717) is 29.7 Å². The van der Waals surface area contributed by atoms with Crippen LogP contribution in [0.4, 0.5) is 5.69 Å². The van der Waals surface area contributed by atoms with Crippen molar-refractivity contribution >= 4 is 35.6 Å². The molecule has 1 unspecified atom stereocenters. The number of nitrogens with two attached hydrogens (primary N) is 1. The van der Waals surface area contributed by atoms with Crippen LogP contribution in [0, 0.1) is 0 Å². The van der Waals surface area contributed by atoms with Gasteiger partial charge in [0, 0.05) is 19.0 Å². The largest absolute Gasteiger partial charge is 0.330 e. The second-order valence-corrected chi connectivity index (χ2v) is 5.95. The molecule has 0 aliphatic carbocycles. The van der Waals surface area contributed by atoms with E-state index in [2.05, 4.69) is 10.2 Å². The predicted molar refractivity (Wildman–Crippen MR) is 94.8 cm³/mol. The molecule has 124 valence electrons. The highest BCUT2D eigenvalue weighted by molar-refractivity contribution is 6.33. The molecule has 1 aliphatic rings. The summed E-state index contributed by atoms with van der Waals surface area (Å²) in [4.78, 5) is 14.5. The molecule has 0 radical (unpaired) electrons. The van der Waals surface area contributed by atoms with Gasteiger partial charge in [0.2, 0.25) is 5.91 Å². The molecule has 3 N–H and O–H groups in total. The number of hydrogen-bond donors (Lipinski definition) is 2. The summed E-state index contributed by atoms with van der Waals surface area (Å²) >= 11 is 6.04. The van der Waals surface area contributed by atoms with Crippen LogP contribution >= 0.6 is 24.0 Å². The summed E-state index contributed by atoms with van der Waals surface area (Å²) in [5, 5.41) is 3.45. The topological polar surface area (TPSA) is 58.4 Å². The molecular formula is C16H25Cl2N3O. The number of nitrogens with one attached hydrogen (secondary N) is 1. The van der Waals surface area contributed by atoms with Gasteiger partial charge in [0.15, 0.2) is 0 Å². The normalized spacial score (nSPS) is 18.5. The Labute approximate surface area is 143 Å². The molecular weight excluding hydrogens is 321 g/mol. The van der Waals surface area contributed by atoms with Crippen molar-refractivity contribution in [3.05, 3.63) is 29.3 Å². The molecule has 1 atom stereocenters. The molecule has 1 amide bonds. The number of piperidine rings is 1. The van der Waals surface area contributed by atoms with Gasteiger partial charge in [-0.1, -0.05) is 30.2 Å². The minimum absolute atomic E-state index is 0. The standard InChI is InChI=1S/C16H24ClN3O.ClH/c17-14-6-1-2-7-15(14)19-16(21)9-12-20-11-4-3-5-13(20)8-10-18;/h1-2,6-7,13H,3-5,8-12,18H2,(H,19,21);1H. The Morgan fingerprint density at radius 3 is 2.86 bits per heavy atom. The quantitative estimate of drug-likeness (QED) is 0.831. The first-order chi connectivity index (χ1) is 10.2. The van der Waals surface area contributed by atoms with Gasteiger partial charge in [-0.3, -0.25) is 9.69 Å². The Bertz CT molecular complexity index is 468. The zero-order valence-corrected chi connectivity index (χ0v) is 14.3. The average molecular weight is 346 g/mol. The fraction of sp³-hybridized carbons (Fsp3) is 0.562. The van der Waals surface area contributed by atoms with E-state index >= 15 is 0 Å². The van der Waals surface area contributed by atoms with Crippen molar-refractivity contribution in [2.75, 3.05) is 25.0 Å². The first-order valence-electron chi connectivity index (χ1n) is 7.69. The maximum absolute atomic E-state index is 12.1. The number of para-hydroxylation sites is 1. The van der Waals surface area contributed by atoms with E-state index < -0.39 is 0 Å². The number of likely N-dealkylation sites (tertiary alicyclic amines) is 1. The highest BCUT2D eigenvalue weighted by Crippen LogP contribution is 2.22. The minimum Gasteiger partial charge on any atom is -0.330 e. The highest BCUT2D eigenvalue weighted by atomic mass is 35.5. The van der Waals surface area contributed by atoms with Crippen molar-refractivity contribution in [3.8, 4) is 0 Å². The van der Waals surface area contributed by atoms with Gasteiger partial charge >= 0.3 is 0 Å². The summed E-state index contributed by atoms with van der Waals surface area (Å²) < 4.78 is 0. The molecule has 0 saturated carbocycles. The number of amides is 1. The molecule has 1 heterocycles. The Morgan fingerprint density at radius 1 is 1.36 bits per heavy atom. The van der Waals surface area contributed by atoms with E-state index in [-0.39, 0.29) is 18.3 Å². The van der Waals surface area contributed by atoms with Crippen LogP contribution in [0.3, 0.4) is 0 Å². The summed E-state index contributed by atoms with van der Waals surface area (Å²) in [5.41, 5.74) is 6.36. The fourth-order valence-electron chi connectivity index (χ4n) is 2.89. The first-order valence-corrected chi connectivity index (χ1v) is 8.07. The van der Waals surface area contributed by atoms with Crippen LogP contribution < -0.4 is 11.1 Å². The van der Waals surface area contributed by atoms with Crippen molar-refractivity contribution < 1.29 is 4.79 Å². The SMILES string of the molecule is Cl.NCCC1CCCCN1CCC(=O)Nc1ccccc1Cl. The van der Waals surface area contributed by atoms with Gasteiger partial charge in [-0.25, -0.2) is 0 Å². The maximum atomic E-state index is 12.1. The monoisotopic (exact) mass is 345 g/mol. The highest BCUT2D eigenvalue weighted by Gasteiger charge is 2.21. The second kappa shape index (κ2) is 10.1. The third kappa shape index (κ3) is 5.76. The number of carbonyl (C=O) groups excluding carboxylic acids is 1. The smallest absolute Gasteiger partial charge is 0.225 e.